The summed E-state index contributed by atoms with van der Waals surface area (Å²) in [5.74, 6) is 0. The molecule has 9 rings (SSSR count). The van der Waals surface area contributed by atoms with Crippen LogP contribution in [0.4, 0.5) is 0 Å². The number of rotatable bonds is 3. The van der Waals surface area contributed by atoms with Gasteiger partial charge in [-0.1, -0.05) is 48.5 Å². The highest BCUT2D eigenvalue weighted by atomic mass is 15.0. The molecular weight excluding hydrogens is 526 g/mol. The zero-order valence-corrected chi connectivity index (χ0v) is 23.0. The SMILES string of the molecule is c1ccc(-c2ccc(-c3ccc4c(c3)c3c5ccccc5ccc3n4-c3cc4cccnc4c4ncccc34)nc2)nc1. The Bertz CT molecular complexity index is 2500. The fourth-order valence-electron chi connectivity index (χ4n) is 6.40. The van der Waals surface area contributed by atoms with Gasteiger partial charge in [-0.15, -0.1) is 0 Å². The molecular formula is C38H23N5. The second-order valence-corrected chi connectivity index (χ2v) is 10.8. The van der Waals surface area contributed by atoms with Crippen LogP contribution in [-0.4, -0.2) is 24.5 Å². The lowest BCUT2D eigenvalue weighted by Gasteiger charge is -2.13. The monoisotopic (exact) mass is 549 g/mol. The van der Waals surface area contributed by atoms with Crippen LogP contribution in [0.2, 0.25) is 0 Å². The predicted octanol–water partition coefficient (Wildman–Crippen LogP) is 9.16. The van der Waals surface area contributed by atoms with Crippen molar-refractivity contribution in [2.24, 2.45) is 0 Å². The minimum Gasteiger partial charge on any atom is -0.309 e. The van der Waals surface area contributed by atoms with Gasteiger partial charge in [0, 0.05) is 57.5 Å². The number of nitrogens with zero attached hydrogens (tertiary/aromatic N) is 5. The highest BCUT2D eigenvalue weighted by Crippen LogP contribution is 2.40. The third-order valence-electron chi connectivity index (χ3n) is 8.35. The summed E-state index contributed by atoms with van der Waals surface area (Å²) in [4.78, 5) is 18.8. The summed E-state index contributed by atoms with van der Waals surface area (Å²) in [6.45, 7) is 0. The van der Waals surface area contributed by atoms with Gasteiger partial charge in [-0.05, 0) is 77.5 Å². The largest absolute Gasteiger partial charge is 0.309 e. The maximum atomic E-state index is 4.85. The van der Waals surface area contributed by atoms with E-state index in [0.29, 0.717) is 0 Å². The van der Waals surface area contributed by atoms with Gasteiger partial charge in [0.25, 0.3) is 0 Å². The fourth-order valence-corrected chi connectivity index (χ4v) is 6.40. The van der Waals surface area contributed by atoms with Gasteiger partial charge in [0.05, 0.1) is 39.1 Å². The number of aromatic nitrogens is 5. The van der Waals surface area contributed by atoms with Crippen LogP contribution in [0.15, 0.2) is 140 Å². The molecule has 0 fully saturated rings. The van der Waals surface area contributed by atoms with Crippen LogP contribution in [0.1, 0.15) is 0 Å². The van der Waals surface area contributed by atoms with E-state index in [1.807, 2.05) is 55.1 Å². The van der Waals surface area contributed by atoms with Crippen molar-refractivity contribution in [1.82, 2.24) is 24.5 Å². The second kappa shape index (κ2) is 9.29. The average molecular weight is 550 g/mol. The van der Waals surface area contributed by atoms with Crippen molar-refractivity contribution < 1.29 is 0 Å². The highest BCUT2D eigenvalue weighted by molar-refractivity contribution is 6.22. The molecule has 5 heterocycles. The molecule has 0 N–H and O–H groups in total. The Hall–Kier alpha value is -5.94. The van der Waals surface area contributed by atoms with Gasteiger partial charge in [0.15, 0.2) is 0 Å². The van der Waals surface area contributed by atoms with Crippen LogP contribution in [-0.2, 0) is 0 Å². The molecule has 200 valence electrons. The van der Waals surface area contributed by atoms with Gasteiger partial charge < -0.3 is 4.57 Å². The molecule has 5 heteroatoms. The van der Waals surface area contributed by atoms with Crippen molar-refractivity contribution in [1.29, 1.82) is 0 Å². The Morgan fingerprint density at radius 3 is 2.07 bits per heavy atom. The molecule has 0 aliphatic heterocycles. The summed E-state index contributed by atoms with van der Waals surface area (Å²) in [6.07, 6.45) is 7.39. The molecule has 0 atom stereocenters. The maximum Gasteiger partial charge on any atom is 0.0985 e. The summed E-state index contributed by atoms with van der Waals surface area (Å²) in [6, 6.07) is 40.3. The minimum absolute atomic E-state index is 0.903. The van der Waals surface area contributed by atoms with Gasteiger partial charge in [-0.25, -0.2) is 0 Å². The van der Waals surface area contributed by atoms with E-state index in [0.717, 1.165) is 61.0 Å². The standard InChI is InChI=1S/C38H23N5/c1-2-9-28-24(7-1)13-17-34-36(28)30-21-25(32-15-12-27(23-42-32)31-11-3-4-18-39-31)14-16-33(30)43(34)35-22-26-8-5-19-40-37(26)38-29(35)10-6-20-41-38/h1-23H. The smallest absolute Gasteiger partial charge is 0.0985 e. The Morgan fingerprint density at radius 1 is 0.442 bits per heavy atom. The van der Waals surface area contributed by atoms with Gasteiger partial charge in [-0.3, -0.25) is 19.9 Å². The van der Waals surface area contributed by atoms with Crippen molar-refractivity contribution >= 4 is 54.4 Å². The normalized spacial score (nSPS) is 11.7. The Balaban J connectivity index is 1.34. The molecule has 43 heavy (non-hydrogen) atoms. The van der Waals surface area contributed by atoms with Crippen molar-refractivity contribution in [2.75, 3.05) is 0 Å². The van der Waals surface area contributed by atoms with Gasteiger partial charge in [-0.2, -0.15) is 0 Å². The fraction of sp³-hybridized carbons (Fsp3) is 0. The summed E-state index contributed by atoms with van der Waals surface area (Å²) < 4.78 is 2.38. The molecule has 5 nitrogen and oxygen atoms in total. The van der Waals surface area contributed by atoms with Crippen LogP contribution >= 0.6 is 0 Å². The van der Waals surface area contributed by atoms with E-state index in [1.54, 1.807) is 0 Å². The molecule has 0 amide bonds. The minimum atomic E-state index is 0.903. The van der Waals surface area contributed by atoms with E-state index < -0.39 is 0 Å². The van der Waals surface area contributed by atoms with E-state index in [-0.39, 0.29) is 0 Å². The summed E-state index contributed by atoms with van der Waals surface area (Å²) in [5.41, 5.74) is 9.10. The van der Waals surface area contributed by atoms with Crippen LogP contribution in [0.25, 0.3) is 82.6 Å². The molecule has 0 saturated carbocycles. The van der Waals surface area contributed by atoms with E-state index in [9.17, 15) is 0 Å². The number of pyridine rings is 4. The van der Waals surface area contributed by atoms with Gasteiger partial charge >= 0.3 is 0 Å². The first-order chi connectivity index (χ1) is 21.3. The van der Waals surface area contributed by atoms with E-state index in [2.05, 4.69) is 99.5 Å². The van der Waals surface area contributed by atoms with Crippen molar-refractivity contribution in [2.45, 2.75) is 0 Å². The third kappa shape index (κ3) is 3.65. The number of fused-ring (bicyclic) bond motifs is 8. The summed E-state index contributed by atoms with van der Waals surface area (Å²) >= 11 is 0. The molecule has 0 saturated heterocycles. The quantitative estimate of drug-likeness (QED) is 0.206. The molecule has 0 aliphatic rings. The van der Waals surface area contributed by atoms with Crippen LogP contribution in [0.5, 0.6) is 0 Å². The lowest BCUT2D eigenvalue weighted by Crippen LogP contribution is -1.97. The van der Waals surface area contributed by atoms with E-state index in [4.69, 9.17) is 9.97 Å². The number of hydrogen-bond donors (Lipinski definition) is 0. The zero-order chi connectivity index (χ0) is 28.3. The Kier molecular flexibility index (Phi) is 5.13. The first-order valence-electron chi connectivity index (χ1n) is 14.3. The molecule has 5 aromatic heterocycles. The second-order valence-electron chi connectivity index (χ2n) is 10.8. The predicted molar refractivity (Wildman–Crippen MR) is 175 cm³/mol. The average Bonchev–Trinajstić information content (AvgIpc) is 3.42. The topological polar surface area (TPSA) is 56.5 Å². The first-order valence-corrected chi connectivity index (χ1v) is 14.3. The molecule has 0 radical (unpaired) electrons. The van der Waals surface area contributed by atoms with E-state index >= 15 is 0 Å². The number of benzene rings is 4. The number of hydrogen-bond acceptors (Lipinski definition) is 4. The lowest BCUT2D eigenvalue weighted by molar-refractivity contribution is 1.20. The Labute approximate surface area is 246 Å². The van der Waals surface area contributed by atoms with E-state index in [1.165, 1.54) is 21.5 Å². The van der Waals surface area contributed by atoms with Gasteiger partial charge in [0.2, 0.25) is 0 Å². The lowest BCUT2D eigenvalue weighted by atomic mass is 10.0. The van der Waals surface area contributed by atoms with Crippen molar-refractivity contribution in [3.63, 3.8) is 0 Å². The molecule has 4 aromatic carbocycles. The highest BCUT2D eigenvalue weighted by Gasteiger charge is 2.19. The molecule has 0 bridgehead atoms. The molecule has 9 aromatic rings. The third-order valence-corrected chi connectivity index (χ3v) is 8.35. The summed E-state index contributed by atoms with van der Waals surface area (Å²) in [5, 5.41) is 6.98. The first kappa shape index (κ1) is 23.7. The summed E-state index contributed by atoms with van der Waals surface area (Å²) in [7, 11) is 0. The van der Waals surface area contributed by atoms with Gasteiger partial charge in [0.1, 0.15) is 0 Å². The Morgan fingerprint density at radius 2 is 1.19 bits per heavy atom. The molecule has 0 unspecified atom stereocenters. The van der Waals surface area contributed by atoms with Crippen molar-refractivity contribution in [3.05, 3.63) is 140 Å². The van der Waals surface area contributed by atoms with Crippen LogP contribution in [0.3, 0.4) is 0 Å². The molecule has 0 spiro atoms. The maximum absolute atomic E-state index is 4.85. The van der Waals surface area contributed by atoms with Crippen LogP contribution in [0, 0.1) is 0 Å². The van der Waals surface area contributed by atoms with Crippen molar-refractivity contribution in [3.8, 4) is 28.2 Å². The molecule has 0 aliphatic carbocycles. The zero-order valence-electron chi connectivity index (χ0n) is 23.0. The van der Waals surface area contributed by atoms with Crippen LogP contribution < -0.4 is 0 Å².